The van der Waals surface area contributed by atoms with Gasteiger partial charge in [-0.2, -0.15) is 0 Å². The summed E-state index contributed by atoms with van der Waals surface area (Å²) in [6.07, 6.45) is 0.887. The van der Waals surface area contributed by atoms with Gasteiger partial charge in [-0.3, -0.25) is 0 Å². The van der Waals surface area contributed by atoms with Crippen LogP contribution in [-0.2, 0) is 11.2 Å². The third-order valence-electron chi connectivity index (χ3n) is 3.54. The van der Waals surface area contributed by atoms with Crippen LogP contribution in [0.15, 0.2) is 11.4 Å². The second kappa shape index (κ2) is 7.06. The van der Waals surface area contributed by atoms with Gasteiger partial charge in [0.2, 0.25) is 0 Å². The van der Waals surface area contributed by atoms with Crippen LogP contribution in [0.1, 0.15) is 30.4 Å². The minimum Gasteiger partial charge on any atom is -0.394 e. The Balaban J connectivity index is 1.83. The molecule has 0 fully saturated rings. The number of hydrogen-bond donors (Lipinski definition) is 3. The molecule has 112 valence electrons. The van der Waals surface area contributed by atoms with E-state index in [-0.39, 0.29) is 30.7 Å². The topological polar surface area (TPSA) is 70.6 Å². The van der Waals surface area contributed by atoms with E-state index in [0.717, 1.165) is 6.42 Å². The largest absolute Gasteiger partial charge is 0.394 e. The molecular formula is C14H22N2O3S. The Kier molecular flexibility index (Phi) is 5.39. The summed E-state index contributed by atoms with van der Waals surface area (Å²) in [5.41, 5.74) is 1.18. The molecule has 2 amide bonds. The first-order chi connectivity index (χ1) is 9.61. The van der Waals surface area contributed by atoms with Gasteiger partial charge in [-0.05, 0) is 22.9 Å². The van der Waals surface area contributed by atoms with Crippen molar-refractivity contribution in [3.05, 3.63) is 21.9 Å². The molecule has 0 radical (unpaired) electrons. The first-order valence-corrected chi connectivity index (χ1v) is 7.83. The highest BCUT2D eigenvalue weighted by atomic mass is 32.1. The number of ether oxygens (including phenoxy) is 1. The van der Waals surface area contributed by atoms with E-state index in [4.69, 9.17) is 4.74 Å². The van der Waals surface area contributed by atoms with Gasteiger partial charge in [-0.25, -0.2) is 4.79 Å². The molecule has 5 nitrogen and oxygen atoms in total. The summed E-state index contributed by atoms with van der Waals surface area (Å²) in [6.45, 7) is 5.02. The third kappa shape index (κ3) is 3.71. The van der Waals surface area contributed by atoms with E-state index in [9.17, 15) is 9.90 Å². The molecule has 1 aromatic heterocycles. The van der Waals surface area contributed by atoms with Crippen molar-refractivity contribution in [2.24, 2.45) is 5.92 Å². The molecular weight excluding hydrogens is 276 g/mol. The Hall–Kier alpha value is -1.11. The first-order valence-electron chi connectivity index (χ1n) is 6.95. The van der Waals surface area contributed by atoms with Crippen LogP contribution in [0.3, 0.4) is 0 Å². The quantitative estimate of drug-likeness (QED) is 0.774. The van der Waals surface area contributed by atoms with Crippen molar-refractivity contribution < 1.29 is 14.6 Å². The second-order valence-corrected chi connectivity index (χ2v) is 6.30. The standard InChI is InChI=1S/C14H22N2O3S/c1-9(2)11(8-17)16-14(18)15-7-12-10-4-6-20-13(10)3-5-19-12/h4,6,9,11-12,17H,3,5,7-8H2,1-2H3,(H2,15,16,18)/t11-,12-/m1/s1. The smallest absolute Gasteiger partial charge is 0.315 e. The Bertz CT molecular complexity index is 447. The molecule has 1 aromatic rings. The summed E-state index contributed by atoms with van der Waals surface area (Å²) in [7, 11) is 0. The zero-order valence-corrected chi connectivity index (χ0v) is 12.7. The highest BCUT2D eigenvalue weighted by Crippen LogP contribution is 2.30. The van der Waals surface area contributed by atoms with Crippen LogP contribution in [-0.4, -0.2) is 36.9 Å². The molecule has 2 rings (SSSR count). The first kappa shape index (κ1) is 15.3. The number of nitrogens with one attached hydrogen (secondary N) is 2. The van der Waals surface area contributed by atoms with Crippen LogP contribution in [0.5, 0.6) is 0 Å². The van der Waals surface area contributed by atoms with Gasteiger partial charge in [0.25, 0.3) is 0 Å². The Morgan fingerprint density at radius 1 is 1.60 bits per heavy atom. The predicted octanol–water partition coefficient (Wildman–Crippen LogP) is 1.68. The molecule has 3 N–H and O–H groups in total. The maximum absolute atomic E-state index is 11.8. The van der Waals surface area contributed by atoms with Crippen molar-refractivity contribution in [2.45, 2.75) is 32.4 Å². The molecule has 2 atom stereocenters. The summed E-state index contributed by atoms with van der Waals surface area (Å²) in [4.78, 5) is 13.2. The zero-order chi connectivity index (χ0) is 14.5. The minimum absolute atomic E-state index is 0.0559. The van der Waals surface area contributed by atoms with Crippen LogP contribution >= 0.6 is 11.3 Å². The minimum atomic E-state index is -0.260. The molecule has 0 saturated carbocycles. The number of rotatable bonds is 5. The van der Waals surface area contributed by atoms with Crippen molar-refractivity contribution in [3.8, 4) is 0 Å². The van der Waals surface area contributed by atoms with Crippen molar-refractivity contribution in [2.75, 3.05) is 19.8 Å². The highest BCUT2D eigenvalue weighted by molar-refractivity contribution is 7.10. The molecule has 0 aromatic carbocycles. The van der Waals surface area contributed by atoms with Gasteiger partial charge in [-0.1, -0.05) is 13.8 Å². The molecule has 0 saturated heterocycles. The fourth-order valence-corrected chi connectivity index (χ4v) is 3.14. The second-order valence-electron chi connectivity index (χ2n) is 5.30. The maximum atomic E-state index is 11.8. The summed E-state index contributed by atoms with van der Waals surface area (Å²) < 4.78 is 5.71. The summed E-state index contributed by atoms with van der Waals surface area (Å²) >= 11 is 1.74. The number of hydrogen-bond acceptors (Lipinski definition) is 4. The van der Waals surface area contributed by atoms with E-state index < -0.39 is 0 Å². The van der Waals surface area contributed by atoms with Gasteiger partial charge in [0.15, 0.2) is 0 Å². The SMILES string of the molecule is CC(C)[C@@H](CO)NC(=O)NC[C@H]1OCCc2sccc21. The van der Waals surface area contributed by atoms with E-state index in [1.54, 1.807) is 11.3 Å². The van der Waals surface area contributed by atoms with Crippen LogP contribution in [0.4, 0.5) is 4.79 Å². The van der Waals surface area contributed by atoms with E-state index in [1.807, 2.05) is 13.8 Å². The van der Waals surface area contributed by atoms with Gasteiger partial charge in [0, 0.05) is 17.8 Å². The highest BCUT2D eigenvalue weighted by Gasteiger charge is 2.23. The number of aliphatic hydroxyl groups is 1. The normalized spacial score (nSPS) is 19.5. The van der Waals surface area contributed by atoms with Crippen molar-refractivity contribution in [1.82, 2.24) is 10.6 Å². The monoisotopic (exact) mass is 298 g/mol. The van der Waals surface area contributed by atoms with Gasteiger partial charge in [0.05, 0.1) is 19.3 Å². The summed E-state index contributed by atoms with van der Waals surface area (Å²) in [5, 5.41) is 16.9. The number of fused-ring (bicyclic) bond motifs is 1. The fraction of sp³-hybridized carbons (Fsp3) is 0.643. The van der Waals surface area contributed by atoms with Crippen molar-refractivity contribution in [3.63, 3.8) is 0 Å². The Morgan fingerprint density at radius 2 is 2.40 bits per heavy atom. The zero-order valence-electron chi connectivity index (χ0n) is 11.9. The van der Waals surface area contributed by atoms with Crippen LogP contribution < -0.4 is 10.6 Å². The average Bonchev–Trinajstić information content (AvgIpc) is 2.91. The fourth-order valence-electron chi connectivity index (χ4n) is 2.22. The number of urea groups is 1. The Labute approximate surface area is 123 Å². The Morgan fingerprint density at radius 3 is 3.10 bits per heavy atom. The number of amides is 2. The van der Waals surface area contributed by atoms with E-state index in [1.165, 1.54) is 10.4 Å². The molecule has 1 aliphatic heterocycles. The van der Waals surface area contributed by atoms with Crippen molar-refractivity contribution in [1.29, 1.82) is 0 Å². The molecule has 20 heavy (non-hydrogen) atoms. The average molecular weight is 298 g/mol. The molecule has 0 unspecified atom stereocenters. The van der Waals surface area contributed by atoms with Crippen molar-refractivity contribution >= 4 is 17.4 Å². The van der Waals surface area contributed by atoms with Gasteiger partial charge >= 0.3 is 6.03 Å². The number of thiophene rings is 1. The molecule has 0 aliphatic carbocycles. The molecule has 0 spiro atoms. The molecule has 0 bridgehead atoms. The van der Waals surface area contributed by atoms with Gasteiger partial charge in [-0.15, -0.1) is 11.3 Å². The predicted molar refractivity (Wildman–Crippen MR) is 79.0 cm³/mol. The van der Waals surface area contributed by atoms with Crippen LogP contribution in [0.2, 0.25) is 0 Å². The van der Waals surface area contributed by atoms with Gasteiger partial charge < -0.3 is 20.5 Å². The number of aliphatic hydroxyl groups excluding tert-OH is 1. The number of carbonyl (C=O) groups is 1. The van der Waals surface area contributed by atoms with Gasteiger partial charge in [0.1, 0.15) is 6.10 Å². The lowest BCUT2D eigenvalue weighted by atomic mass is 10.1. The van der Waals surface area contributed by atoms with E-state index in [0.29, 0.717) is 13.2 Å². The van der Waals surface area contributed by atoms with Crippen LogP contribution in [0.25, 0.3) is 0 Å². The lowest BCUT2D eigenvalue weighted by Crippen LogP contribution is -2.47. The lowest BCUT2D eigenvalue weighted by molar-refractivity contribution is 0.0452. The summed E-state index contributed by atoms with van der Waals surface area (Å²) in [5.74, 6) is 0.195. The van der Waals surface area contributed by atoms with Crippen LogP contribution in [0, 0.1) is 5.92 Å². The number of carbonyl (C=O) groups excluding carboxylic acids is 1. The van der Waals surface area contributed by atoms with E-state index in [2.05, 4.69) is 22.1 Å². The molecule has 6 heteroatoms. The molecule has 1 aliphatic rings. The lowest BCUT2D eigenvalue weighted by Gasteiger charge is -2.25. The maximum Gasteiger partial charge on any atom is 0.315 e. The summed E-state index contributed by atoms with van der Waals surface area (Å²) in [6, 6.07) is 1.58. The molecule has 2 heterocycles. The van der Waals surface area contributed by atoms with E-state index >= 15 is 0 Å². The third-order valence-corrected chi connectivity index (χ3v) is 4.54.